The molecule has 18 heavy (non-hydrogen) atoms. The lowest BCUT2D eigenvalue weighted by atomic mass is 10.2. The molecule has 0 saturated heterocycles. The normalized spacial score (nSPS) is 10.7. The molecule has 2 nitrogen and oxygen atoms in total. The van der Waals surface area contributed by atoms with Crippen LogP contribution in [0.3, 0.4) is 0 Å². The molecule has 0 amide bonds. The van der Waals surface area contributed by atoms with Gasteiger partial charge in [0.1, 0.15) is 5.82 Å². The van der Waals surface area contributed by atoms with Gasteiger partial charge in [-0.3, -0.25) is 0 Å². The van der Waals surface area contributed by atoms with Gasteiger partial charge in [0.2, 0.25) is 0 Å². The third kappa shape index (κ3) is 3.12. The molecule has 0 fully saturated rings. The Balaban J connectivity index is 2.01. The summed E-state index contributed by atoms with van der Waals surface area (Å²) in [5, 5.41) is 2.16. The molecule has 0 bridgehead atoms. The first-order valence-electron chi connectivity index (χ1n) is 5.95. The number of anilines is 1. The molecule has 2 rings (SSSR count). The summed E-state index contributed by atoms with van der Waals surface area (Å²) in [5.74, 6) is 1.03. The zero-order valence-corrected chi connectivity index (χ0v) is 13.3. The summed E-state index contributed by atoms with van der Waals surface area (Å²) >= 11 is 5.32. The maximum atomic E-state index is 4.58. The second-order valence-corrected chi connectivity index (χ2v) is 6.29. The molecule has 2 aromatic heterocycles. The third-order valence-corrected chi connectivity index (χ3v) is 4.96. The lowest BCUT2D eigenvalue weighted by Gasteiger charge is -2.18. The molecule has 0 aliphatic heterocycles. The molecular formula is C14H17BrN2S. The Hall–Kier alpha value is -0.870. The van der Waals surface area contributed by atoms with Crippen molar-refractivity contribution >= 4 is 33.1 Å². The second-order valence-electron chi connectivity index (χ2n) is 4.44. The zero-order chi connectivity index (χ0) is 13.1. The van der Waals surface area contributed by atoms with Crippen molar-refractivity contribution in [2.75, 3.05) is 18.5 Å². The average Bonchev–Trinajstić information content (AvgIpc) is 2.75. The SMILES string of the molecule is Cc1ccsc1CCN(C)c1ccc(Br)c(C)n1. The topological polar surface area (TPSA) is 16.1 Å². The van der Waals surface area contributed by atoms with Crippen LogP contribution in [0.25, 0.3) is 0 Å². The van der Waals surface area contributed by atoms with Crippen molar-refractivity contribution in [3.05, 3.63) is 44.2 Å². The monoisotopic (exact) mass is 324 g/mol. The molecule has 0 saturated carbocycles. The summed E-state index contributed by atoms with van der Waals surface area (Å²) in [4.78, 5) is 8.25. The van der Waals surface area contributed by atoms with Crippen LogP contribution in [0.15, 0.2) is 28.1 Å². The van der Waals surface area contributed by atoms with Gasteiger partial charge in [0.15, 0.2) is 0 Å². The number of rotatable bonds is 4. The van der Waals surface area contributed by atoms with Gasteiger partial charge in [-0.05, 0) is 65.3 Å². The van der Waals surface area contributed by atoms with Gasteiger partial charge < -0.3 is 4.90 Å². The third-order valence-electron chi connectivity index (χ3n) is 3.04. The largest absolute Gasteiger partial charge is 0.359 e. The Bertz CT molecular complexity index is 536. The quantitative estimate of drug-likeness (QED) is 0.837. The summed E-state index contributed by atoms with van der Waals surface area (Å²) in [5.41, 5.74) is 2.43. The van der Waals surface area contributed by atoms with Gasteiger partial charge in [-0.15, -0.1) is 11.3 Å². The number of aryl methyl sites for hydroxylation is 2. The van der Waals surface area contributed by atoms with Gasteiger partial charge in [0, 0.05) is 22.9 Å². The molecule has 0 aliphatic rings. The van der Waals surface area contributed by atoms with Crippen LogP contribution in [0.5, 0.6) is 0 Å². The first-order chi connectivity index (χ1) is 8.58. The summed E-state index contributed by atoms with van der Waals surface area (Å²) < 4.78 is 1.06. The van der Waals surface area contributed by atoms with Crippen LogP contribution in [0.4, 0.5) is 5.82 Å². The smallest absolute Gasteiger partial charge is 0.128 e. The molecular weight excluding hydrogens is 308 g/mol. The molecule has 0 radical (unpaired) electrons. The molecule has 96 valence electrons. The number of aromatic nitrogens is 1. The number of pyridine rings is 1. The minimum Gasteiger partial charge on any atom is -0.359 e. The van der Waals surface area contributed by atoms with Crippen molar-refractivity contribution in [3.8, 4) is 0 Å². The molecule has 0 unspecified atom stereocenters. The van der Waals surface area contributed by atoms with E-state index in [0.717, 1.165) is 29.0 Å². The van der Waals surface area contributed by atoms with Crippen LogP contribution in [0.2, 0.25) is 0 Å². The fourth-order valence-corrected chi connectivity index (χ4v) is 2.91. The van der Waals surface area contributed by atoms with Crippen molar-refractivity contribution in [1.82, 2.24) is 4.98 Å². The van der Waals surface area contributed by atoms with Crippen molar-refractivity contribution in [1.29, 1.82) is 0 Å². The molecule has 4 heteroatoms. The van der Waals surface area contributed by atoms with E-state index in [2.05, 4.69) is 63.4 Å². The van der Waals surface area contributed by atoms with Crippen molar-refractivity contribution < 1.29 is 0 Å². The highest BCUT2D eigenvalue weighted by atomic mass is 79.9. The minimum absolute atomic E-state index is 0.995. The molecule has 0 aromatic carbocycles. The van der Waals surface area contributed by atoms with Crippen molar-refractivity contribution in [2.24, 2.45) is 0 Å². The van der Waals surface area contributed by atoms with E-state index in [0.29, 0.717) is 0 Å². The summed E-state index contributed by atoms with van der Waals surface area (Å²) in [6.07, 6.45) is 1.08. The maximum absolute atomic E-state index is 4.58. The van der Waals surface area contributed by atoms with E-state index < -0.39 is 0 Å². The highest BCUT2D eigenvalue weighted by Gasteiger charge is 2.06. The van der Waals surface area contributed by atoms with E-state index in [1.165, 1.54) is 10.4 Å². The Kier molecular flexibility index (Phi) is 4.40. The summed E-state index contributed by atoms with van der Waals surface area (Å²) in [7, 11) is 2.10. The number of hydrogen-bond donors (Lipinski definition) is 0. The van der Waals surface area contributed by atoms with Crippen LogP contribution in [0, 0.1) is 13.8 Å². The number of thiophene rings is 1. The van der Waals surface area contributed by atoms with Gasteiger partial charge in [-0.2, -0.15) is 0 Å². The molecule has 0 aliphatic carbocycles. The predicted molar refractivity (Wildman–Crippen MR) is 82.7 cm³/mol. The van der Waals surface area contributed by atoms with Crippen molar-refractivity contribution in [3.63, 3.8) is 0 Å². The van der Waals surface area contributed by atoms with E-state index in [1.54, 1.807) is 0 Å². The Labute approximate surface area is 121 Å². The summed E-state index contributed by atoms with van der Waals surface area (Å²) in [6.45, 7) is 5.19. The molecule has 0 N–H and O–H groups in total. The number of likely N-dealkylation sites (N-methyl/N-ethyl adjacent to an activating group) is 1. The molecule has 0 spiro atoms. The van der Waals surface area contributed by atoms with Crippen LogP contribution >= 0.6 is 27.3 Å². The lowest BCUT2D eigenvalue weighted by molar-refractivity contribution is 0.861. The average molecular weight is 325 g/mol. The van der Waals surface area contributed by atoms with E-state index in [4.69, 9.17) is 0 Å². The fourth-order valence-electron chi connectivity index (χ4n) is 1.79. The fraction of sp³-hybridized carbons (Fsp3) is 0.357. The van der Waals surface area contributed by atoms with Crippen molar-refractivity contribution in [2.45, 2.75) is 20.3 Å². The number of nitrogens with zero attached hydrogens (tertiary/aromatic N) is 2. The second kappa shape index (κ2) is 5.85. The van der Waals surface area contributed by atoms with Crippen LogP contribution < -0.4 is 4.90 Å². The highest BCUT2D eigenvalue weighted by molar-refractivity contribution is 9.10. The lowest BCUT2D eigenvalue weighted by Crippen LogP contribution is -2.21. The Morgan fingerprint density at radius 3 is 2.67 bits per heavy atom. The number of hydrogen-bond acceptors (Lipinski definition) is 3. The van der Waals surface area contributed by atoms with Gasteiger partial charge in [-0.25, -0.2) is 4.98 Å². The number of halogens is 1. The van der Waals surface area contributed by atoms with E-state index in [-0.39, 0.29) is 0 Å². The first-order valence-corrected chi connectivity index (χ1v) is 7.62. The zero-order valence-electron chi connectivity index (χ0n) is 10.9. The van der Waals surface area contributed by atoms with Gasteiger partial charge >= 0.3 is 0 Å². The van der Waals surface area contributed by atoms with Crippen LogP contribution in [0.1, 0.15) is 16.1 Å². The molecule has 2 heterocycles. The first kappa shape index (κ1) is 13.6. The van der Waals surface area contributed by atoms with Crippen LogP contribution in [-0.4, -0.2) is 18.6 Å². The van der Waals surface area contributed by atoms with E-state index >= 15 is 0 Å². The maximum Gasteiger partial charge on any atom is 0.128 e. The van der Waals surface area contributed by atoms with E-state index in [1.807, 2.05) is 18.3 Å². The van der Waals surface area contributed by atoms with Gasteiger partial charge in [0.25, 0.3) is 0 Å². The summed E-state index contributed by atoms with van der Waals surface area (Å²) in [6, 6.07) is 6.30. The molecule has 2 aromatic rings. The van der Waals surface area contributed by atoms with Crippen LogP contribution in [-0.2, 0) is 6.42 Å². The standard InChI is InChI=1S/C14H17BrN2S/c1-10-7-9-18-13(10)6-8-17(3)14-5-4-12(15)11(2)16-14/h4-5,7,9H,6,8H2,1-3H3. The minimum atomic E-state index is 0.995. The predicted octanol–water partition coefficient (Wildman–Crippen LogP) is 4.20. The Morgan fingerprint density at radius 1 is 1.28 bits per heavy atom. The van der Waals surface area contributed by atoms with Gasteiger partial charge in [-0.1, -0.05) is 0 Å². The highest BCUT2D eigenvalue weighted by Crippen LogP contribution is 2.20. The Morgan fingerprint density at radius 2 is 2.06 bits per heavy atom. The van der Waals surface area contributed by atoms with Gasteiger partial charge in [0.05, 0.1) is 5.69 Å². The van der Waals surface area contributed by atoms with E-state index in [9.17, 15) is 0 Å². The molecule has 0 atom stereocenters.